The summed E-state index contributed by atoms with van der Waals surface area (Å²) in [5.41, 5.74) is 18.0. The van der Waals surface area contributed by atoms with E-state index in [-0.39, 0.29) is 5.54 Å². The van der Waals surface area contributed by atoms with Crippen LogP contribution in [0.4, 0.5) is 5.69 Å². The molecular weight excluding hydrogens is 416 g/mol. The standard InChI is InChI=1S/C27H38N2S2/c1-17-3-10-23-21-9-6-19-15-26(30-13-14-31-26)11-12-27(19,29)24(21)22(16-25(17,23)2)18-4-7-20(28)8-5-18/h4-5,7-8,15,17,21-24H,3,6,9-14,16,28-29H2,1-2H3. The van der Waals surface area contributed by atoms with Gasteiger partial charge in [-0.25, -0.2) is 0 Å². The molecule has 4 heteroatoms. The molecule has 7 unspecified atom stereocenters. The molecule has 168 valence electrons. The van der Waals surface area contributed by atoms with Crippen LogP contribution in [0.5, 0.6) is 0 Å². The highest BCUT2D eigenvalue weighted by atomic mass is 32.2. The van der Waals surface area contributed by atoms with Crippen LogP contribution in [0, 0.1) is 29.1 Å². The Morgan fingerprint density at radius 2 is 1.74 bits per heavy atom. The van der Waals surface area contributed by atoms with Crippen molar-refractivity contribution in [2.75, 3.05) is 17.2 Å². The van der Waals surface area contributed by atoms with E-state index in [2.05, 4.69) is 67.7 Å². The Balaban J connectivity index is 1.45. The molecule has 0 amide bonds. The quantitative estimate of drug-likeness (QED) is 0.379. The lowest BCUT2D eigenvalue weighted by atomic mass is 9.45. The summed E-state index contributed by atoms with van der Waals surface area (Å²) in [6.45, 7) is 5.14. The van der Waals surface area contributed by atoms with Crippen molar-refractivity contribution in [3.63, 3.8) is 0 Å². The van der Waals surface area contributed by atoms with E-state index in [1.807, 2.05) is 0 Å². The first-order chi connectivity index (χ1) is 14.8. The highest BCUT2D eigenvalue weighted by Gasteiger charge is 2.62. The van der Waals surface area contributed by atoms with E-state index in [9.17, 15) is 0 Å². The molecule has 6 rings (SSSR count). The summed E-state index contributed by atoms with van der Waals surface area (Å²) in [7, 11) is 0. The van der Waals surface area contributed by atoms with E-state index < -0.39 is 0 Å². The van der Waals surface area contributed by atoms with Crippen molar-refractivity contribution >= 4 is 29.2 Å². The summed E-state index contributed by atoms with van der Waals surface area (Å²) in [5.74, 6) is 6.17. The second kappa shape index (κ2) is 7.21. The Morgan fingerprint density at radius 1 is 1.00 bits per heavy atom. The maximum Gasteiger partial charge on any atom is 0.0796 e. The van der Waals surface area contributed by atoms with Gasteiger partial charge in [-0.05, 0) is 97.6 Å². The molecule has 1 aliphatic heterocycles. The molecule has 1 heterocycles. The smallest absolute Gasteiger partial charge is 0.0796 e. The summed E-state index contributed by atoms with van der Waals surface area (Å²) >= 11 is 4.36. The highest BCUT2D eigenvalue weighted by molar-refractivity contribution is 8.21. The average molecular weight is 455 g/mol. The molecule has 1 aromatic carbocycles. The second-order valence-corrected chi connectivity index (χ2v) is 14.6. The zero-order valence-corrected chi connectivity index (χ0v) is 20.7. The maximum absolute atomic E-state index is 7.58. The lowest BCUT2D eigenvalue weighted by Crippen LogP contribution is -2.62. The molecule has 5 aliphatic rings. The van der Waals surface area contributed by atoms with Gasteiger partial charge in [-0.15, -0.1) is 23.5 Å². The Hall–Kier alpha value is -0.580. The number of thioether (sulfide) groups is 2. The molecule has 31 heavy (non-hydrogen) atoms. The maximum atomic E-state index is 7.58. The fourth-order valence-corrected chi connectivity index (χ4v) is 11.7. The molecule has 7 atom stereocenters. The van der Waals surface area contributed by atoms with Crippen LogP contribution in [0.15, 0.2) is 35.9 Å². The van der Waals surface area contributed by atoms with E-state index >= 15 is 0 Å². The van der Waals surface area contributed by atoms with Gasteiger partial charge in [-0.3, -0.25) is 0 Å². The zero-order valence-electron chi connectivity index (χ0n) is 19.1. The highest BCUT2D eigenvalue weighted by Crippen LogP contribution is 2.68. The van der Waals surface area contributed by atoms with Crippen molar-refractivity contribution in [1.29, 1.82) is 0 Å². The molecule has 1 aromatic rings. The Labute approximate surface area is 196 Å². The van der Waals surface area contributed by atoms with Crippen LogP contribution >= 0.6 is 23.5 Å². The molecule has 4 aliphatic carbocycles. The molecule has 2 nitrogen and oxygen atoms in total. The average Bonchev–Trinajstić information content (AvgIpc) is 3.33. The van der Waals surface area contributed by atoms with Gasteiger partial charge >= 0.3 is 0 Å². The first-order valence-corrected chi connectivity index (χ1v) is 14.5. The number of hydrogen-bond acceptors (Lipinski definition) is 4. The predicted octanol–water partition coefficient (Wildman–Crippen LogP) is 6.43. The van der Waals surface area contributed by atoms with Crippen molar-refractivity contribution in [2.24, 2.45) is 34.8 Å². The van der Waals surface area contributed by atoms with E-state index in [4.69, 9.17) is 11.5 Å². The summed E-state index contributed by atoms with van der Waals surface area (Å²) in [6.07, 6.45) is 11.8. The largest absolute Gasteiger partial charge is 0.399 e. The number of nitrogens with two attached hydrogens (primary N) is 2. The van der Waals surface area contributed by atoms with Crippen LogP contribution in [-0.2, 0) is 0 Å². The van der Waals surface area contributed by atoms with Gasteiger partial charge in [0.1, 0.15) is 0 Å². The molecule has 0 radical (unpaired) electrons. The number of benzene rings is 1. The van der Waals surface area contributed by atoms with Gasteiger partial charge in [0.25, 0.3) is 0 Å². The van der Waals surface area contributed by atoms with E-state index in [0.717, 1.165) is 23.4 Å². The molecule has 1 spiro atoms. The van der Waals surface area contributed by atoms with Gasteiger partial charge in [-0.1, -0.05) is 37.6 Å². The first-order valence-electron chi connectivity index (χ1n) is 12.5. The van der Waals surface area contributed by atoms with Gasteiger partial charge in [0.15, 0.2) is 0 Å². The number of rotatable bonds is 1. The van der Waals surface area contributed by atoms with Crippen molar-refractivity contribution in [1.82, 2.24) is 0 Å². The Kier molecular flexibility index (Phi) is 4.88. The van der Waals surface area contributed by atoms with Crippen LogP contribution in [0.3, 0.4) is 0 Å². The second-order valence-electron chi connectivity index (χ2n) is 11.5. The molecule has 0 bridgehead atoms. The fourth-order valence-electron chi connectivity index (χ4n) is 8.57. The van der Waals surface area contributed by atoms with Crippen LogP contribution in [-0.4, -0.2) is 21.1 Å². The summed E-state index contributed by atoms with van der Waals surface area (Å²) in [5, 5.41) is 0. The molecular formula is C27H38N2S2. The van der Waals surface area contributed by atoms with Gasteiger partial charge in [0.05, 0.1) is 4.08 Å². The third kappa shape index (κ3) is 3.03. The lowest BCUT2D eigenvalue weighted by molar-refractivity contribution is -0.0432. The minimum Gasteiger partial charge on any atom is -0.399 e. The molecule has 0 aromatic heterocycles. The normalized spacial score (nSPS) is 45.6. The van der Waals surface area contributed by atoms with Crippen molar-refractivity contribution < 1.29 is 0 Å². The van der Waals surface area contributed by atoms with Crippen molar-refractivity contribution in [3.05, 3.63) is 41.5 Å². The number of fused-ring (bicyclic) bond motifs is 5. The van der Waals surface area contributed by atoms with Crippen LogP contribution in [0.25, 0.3) is 0 Å². The summed E-state index contributed by atoms with van der Waals surface area (Å²) < 4.78 is 0.326. The van der Waals surface area contributed by atoms with Gasteiger partial charge in [-0.2, -0.15) is 0 Å². The minimum absolute atomic E-state index is 0.114. The van der Waals surface area contributed by atoms with Crippen molar-refractivity contribution in [2.45, 2.75) is 74.3 Å². The Bertz CT molecular complexity index is 889. The SMILES string of the molecule is CC1CCC2C3CCC4=CC5(CCC4(N)C3C(c3ccc(N)cc3)CC12C)SCCS5. The third-order valence-electron chi connectivity index (χ3n) is 10.3. The molecule has 4 fully saturated rings. The minimum atomic E-state index is -0.114. The first kappa shape index (κ1) is 21.0. The monoisotopic (exact) mass is 454 g/mol. The van der Waals surface area contributed by atoms with Crippen LogP contribution in [0.1, 0.15) is 70.3 Å². The predicted molar refractivity (Wildman–Crippen MR) is 136 cm³/mol. The van der Waals surface area contributed by atoms with Gasteiger partial charge < -0.3 is 11.5 Å². The lowest BCUT2D eigenvalue weighted by Gasteiger charge is -2.61. The topological polar surface area (TPSA) is 52.0 Å². The van der Waals surface area contributed by atoms with Gasteiger partial charge in [0, 0.05) is 22.7 Å². The van der Waals surface area contributed by atoms with Crippen molar-refractivity contribution in [3.8, 4) is 0 Å². The van der Waals surface area contributed by atoms with Crippen LogP contribution < -0.4 is 11.5 Å². The van der Waals surface area contributed by atoms with Gasteiger partial charge in [0.2, 0.25) is 0 Å². The fraction of sp³-hybridized carbons (Fsp3) is 0.704. The number of anilines is 1. The molecule has 1 saturated heterocycles. The number of nitrogen functional groups attached to an aromatic ring is 1. The number of hydrogen-bond donors (Lipinski definition) is 2. The van der Waals surface area contributed by atoms with E-state index in [0.29, 0.717) is 21.3 Å². The van der Waals surface area contributed by atoms with E-state index in [1.54, 1.807) is 5.57 Å². The van der Waals surface area contributed by atoms with Crippen LogP contribution in [0.2, 0.25) is 0 Å². The molecule has 3 saturated carbocycles. The van der Waals surface area contributed by atoms with E-state index in [1.165, 1.54) is 62.0 Å². The summed E-state index contributed by atoms with van der Waals surface area (Å²) in [6, 6.07) is 8.85. The summed E-state index contributed by atoms with van der Waals surface area (Å²) in [4.78, 5) is 0. The Morgan fingerprint density at radius 3 is 2.48 bits per heavy atom. The molecule has 4 N–H and O–H groups in total. The zero-order chi connectivity index (χ0) is 21.4. The third-order valence-corrected chi connectivity index (χ3v) is 13.7.